The number of furan rings is 1. The van der Waals surface area contributed by atoms with E-state index in [-0.39, 0.29) is 24.1 Å². The highest BCUT2D eigenvalue weighted by Gasteiger charge is 2.26. The normalized spacial score (nSPS) is 17.4. The van der Waals surface area contributed by atoms with Crippen molar-refractivity contribution in [3.8, 4) is 11.3 Å². The molecule has 2 aromatic rings. The fourth-order valence-corrected chi connectivity index (χ4v) is 3.08. The first-order chi connectivity index (χ1) is 11.2. The Morgan fingerprint density at radius 2 is 2.04 bits per heavy atom. The van der Waals surface area contributed by atoms with Gasteiger partial charge < -0.3 is 14.6 Å². The molecule has 1 saturated heterocycles. The Kier molecular flexibility index (Phi) is 6.40. The van der Waals surface area contributed by atoms with Gasteiger partial charge in [-0.05, 0) is 68.8 Å². The number of benzene rings is 1. The fourth-order valence-electron chi connectivity index (χ4n) is 3.08. The average Bonchev–Trinajstić information content (AvgIpc) is 3.05. The van der Waals surface area contributed by atoms with Gasteiger partial charge >= 0.3 is 0 Å². The van der Waals surface area contributed by atoms with Crippen LogP contribution in [-0.4, -0.2) is 37.5 Å². The number of carbonyl (C=O) groups is 1. The van der Waals surface area contributed by atoms with E-state index in [0.717, 1.165) is 38.0 Å². The number of hydrogen-bond acceptors (Lipinski definition) is 3. The van der Waals surface area contributed by atoms with Crippen LogP contribution in [0.1, 0.15) is 23.4 Å². The van der Waals surface area contributed by atoms with Gasteiger partial charge in [-0.25, -0.2) is 4.39 Å². The molecule has 4 nitrogen and oxygen atoms in total. The second-order valence-electron chi connectivity index (χ2n) is 5.99. The molecule has 2 heterocycles. The number of halogens is 2. The molecule has 0 saturated carbocycles. The summed E-state index contributed by atoms with van der Waals surface area (Å²) in [6.07, 6.45) is 2.16. The lowest BCUT2D eigenvalue weighted by Gasteiger charge is -2.32. The third kappa shape index (κ3) is 4.16. The van der Waals surface area contributed by atoms with Crippen LogP contribution in [0.5, 0.6) is 0 Å². The Bertz CT molecular complexity index is 670. The summed E-state index contributed by atoms with van der Waals surface area (Å²) >= 11 is 0. The maximum atomic E-state index is 13.0. The number of nitrogens with zero attached hydrogens (tertiary/aromatic N) is 1. The summed E-state index contributed by atoms with van der Waals surface area (Å²) in [5.74, 6) is 1.05. The number of rotatable bonds is 4. The highest BCUT2D eigenvalue weighted by molar-refractivity contribution is 5.92. The minimum Gasteiger partial charge on any atom is -0.451 e. The first-order valence-electron chi connectivity index (χ1n) is 7.97. The van der Waals surface area contributed by atoms with Crippen LogP contribution in [0, 0.1) is 11.7 Å². The SMILES string of the molecule is CNCC1CCCN(C(=O)c2ccc(-c3ccc(F)cc3)o2)C1.Cl. The maximum absolute atomic E-state index is 13.0. The molecule has 24 heavy (non-hydrogen) atoms. The molecule has 3 rings (SSSR count). The molecule has 0 radical (unpaired) electrons. The summed E-state index contributed by atoms with van der Waals surface area (Å²) in [6, 6.07) is 9.51. The summed E-state index contributed by atoms with van der Waals surface area (Å²) in [5, 5.41) is 3.17. The van der Waals surface area contributed by atoms with Crippen molar-refractivity contribution < 1.29 is 13.6 Å². The van der Waals surface area contributed by atoms with Crippen LogP contribution in [0.25, 0.3) is 11.3 Å². The number of nitrogens with one attached hydrogen (secondary N) is 1. The molecule has 1 amide bonds. The molecule has 0 aliphatic carbocycles. The Morgan fingerprint density at radius 3 is 2.75 bits per heavy atom. The maximum Gasteiger partial charge on any atom is 0.289 e. The molecule has 1 aliphatic heterocycles. The first kappa shape index (κ1) is 18.5. The van der Waals surface area contributed by atoms with Gasteiger partial charge in [0.2, 0.25) is 0 Å². The molecule has 0 spiro atoms. The summed E-state index contributed by atoms with van der Waals surface area (Å²) in [5.41, 5.74) is 0.761. The Labute approximate surface area is 147 Å². The van der Waals surface area contributed by atoms with Gasteiger partial charge in [0.05, 0.1) is 0 Å². The van der Waals surface area contributed by atoms with Gasteiger partial charge in [-0.15, -0.1) is 12.4 Å². The molecule has 0 bridgehead atoms. The monoisotopic (exact) mass is 352 g/mol. The molecular weight excluding hydrogens is 331 g/mol. The Morgan fingerprint density at radius 1 is 1.29 bits per heavy atom. The Hall–Kier alpha value is -1.85. The average molecular weight is 353 g/mol. The summed E-state index contributed by atoms with van der Waals surface area (Å²) in [7, 11) is 1.93. The fraction of sp³-hybridized carbons (Fsp3) is 0.389. The quantitative estimate of drug-likeness (QED) is 0.914. The standard InChI is InChI=1S/C18H21FN2O2.ClH/c1-20-11-13-3-2-10-21(12-13)18(22)17-9-8-16(23-17)14-4-6-15(19)7-5-14;/h4-9,13,20H,2-3,10-12H2,1H3;1H. The molecule has 1 unspecified atom stereocenters. The first-order valence-corrected chi connectivity index (χ1v) is 7.97. The van der Waals surface area contributed by atoms with Crippen molar-refractivity contribution >= 4 is 18.3 Å². The number of hydrogen-bond donors (Lipinski definition) is 1. The van der Waals surface area contributed by atoms with Gasteiger partial charge in [-0.3, -0.25) is 4.79 Å². The van der Waals surface area contributed by atoms with Gasteiger partial charge in [0.1, 0.15) is 11.6 Å². The van der Waals surface area contributed by atoms with Crippen molar-refractivity contribution in [1.29, 1.82) is 0 Å². The number of likely N-dealkylation sites (tertiary alicyclic amines) is 1. The molecule has 1 atom stereocenters. The van der Waals surface area contributed by atoms with Gasteiger partial charge in [0, 0.05) is 18.7 Å². The van der Waals surface area contributed by atoms with Gasteiger partial charge in [0.25, 0.3) is 5.91 Å². The van der Waals surface area contributed by atoms with Gasteiger partial charge in [0.15, 0.2) is 5.76 Å². The molecule has 1 N–H and O–H groups in total. The van der Waals surface area contributed by atoms with Crippen molar-refractivity contribution in [2.75, 3.05) is 26.7 Å². The zero-order valence-corrected chi connectivity index (χ0v) is 14.4. The number of carbonyl (C=O) groups excluding carboxylic acids is 1. The predicted molar refractivity (Wildman–Crippen MR) is 93.9 cm³/mol. The van der Waals surface area contributed by atoms with Crippen molar-refractivity contribution in [3.05, 3.63) is 48.0 Å². The van der Waals surface area contributed by atoms with E-state index in [2.05, 4.69) is 5.32 Å². The minimum absolute atomic E-state index is 0. The topological polar surface area (TPSA) is 45.5 Å². The zero-order chi connectivity index (χ0) is 16.2. The smallest absolute Gasteiger partial charge is 0.289 e. The van der Waals surface area contributed by atoms with E-state index in [1.54, 1.807) is 24.3 Å². The highest BCUT2D eigenvalue weighted by Crippen LogP contribution is 2.24. The van der Waals surface area contributed by atoms with Crippen molar-refractivity contribution in [1.82, 2.24) is 10.2 Å². The molecule has 1 aliphatic rings. The molecule has 1 aromatic carbocycles. The van der Waals surface area contributed by atoms with Crippen LogP contribution < -0.4 is 5.32 Å². The zero-order valence-electron chi connectivity index (χ0n) is 13.6. The third-order valence-corrected chi connectivity index (χ3v) is 4.24. The van der Waals surface area contributed by atoms with E-state index in [1.165, 1.54) is 12.1 Å². The van der Waals surface area contributed by atoms with Crippen LogP contribution in [0.2, 0.25) is 0 Å². The molecule has 1 fully saturated rings. The highest BCUT2D eigenvalue weighted by atomic mass is 35.5. The van der Waals surface area contributed by atoms with Crippen LogP contribution in [0.4, 0.5) is 4.39 Å². The second kappa shape index (κ2) is 8.31. The summed E-state index contributed by atoms with van der Waals surface area (Å²) < 4.78 is 18.7. The van der Waals surface area contributed by atoms with E-state index in [9.17, 15) is 9.18 Å². The van der Waals surface area contributed by atoms with Gasteiger partial charge in [-0.1, -0.05) is 0 Å². The van der Waals surface area contributed by atoms with Crippen LogP contribution in [0.3, 0.4) is 0 Å². The molecule has 6 heteroatoms. The van der Waals surface area contributed by atoms with Crippen molar-refractivity contribution in [2.24, 2.45) is 5.92 Å². The van der Waals surface area contributed by atoms with Crippen LogP contribution in [-0.2, 0) is 0 Å². The minimum atomic E-state index is -0.291. The van der Waals surface area contributed by atoms with E-state index in [4.69, 9.17) is 4.42 Å². The molecule has 130 valence electrons. The van der Waals surface area contributed by atoms with Crippen molar-refractivity contribution in [2.45, 2.75) is 12.8 Å². The lowest BCUT2D eigenvalue weighted by Crippen LogP contribution is -2.42. The van der Waals surface area contributed by atoms with Crippen LogP contribution in [0.15, 0.2) is 40.8 Å². The molecular formula is C18H22ClFN2O2. The Balaban J connectivity index is 0.00000208. The summed E-state index contributed by atoms with van der Waals surface area (Å²) in [6.45, 7) is 2.45. The third-order valence-electron chi connectivity index (χ3n) is 4.24. The lowest BCUT2D eigenvalue weighted by molar-refractivity contribution is 0.0643. The van der Waals surface area contributed by atoms with Gasteiger partial charge in [-0.2, -0.15) is 0 Å². The van der Waals surface area contributed by atoms with Crippen LogP contribution >= 0.6 is 12.4 Å². The largest absolute Gasteiger partial charge is 0.451 e. The van der Waals surface area contributed by atoms with E-state index < -0.39 is 0 Å². The number of piperidine rings is 1. The summed E-state index contributed by atoms with van der Waals surface area (Å²) in [4.78, 5) is 14.5. The van der Waals surface area contributed by atoms with E-state index in [0.29, 0.717) is 17.4 Å². The van der Waals surface area contributed by atoms with E-state index in [1.807, 2.05) is 11.9 Å². The molecule has 1 aromatic heterocycles. The number of amides is 1. The van der Waals surface area contributed by atoms with Crippen molar-refractivity contribution in [3.63, 3.8) is 0 Å². The lowest BCUT2D eigenvalue weighted by atomic mass is 9.98. The van der Waals surface area contributed by atoms with E-state index >= 15 is 0 Å². The second-order valence-corrected chi connectivity index (χ2v) is 5.99. The predicted octanol–water partition coefficient (Wildman–Crippen LogP) is 3.58.